The molecule has 1 saturated heterocycles. The van der Waals surface area contributed by atoms with E-state index in [0.29, 0.717) is 21.3 Å². The first-order valence-corrected chi connectivity index (χ1v) is 9.79. The average Bonchev–Trinajstić information content (AvgIpc) is 3.43. The standard InChI is InChI=1S/C20H15ClN2O4S/c21-13-5-7-14(8-6-13)23-18(24)11-16(19(23)25)22(12-15-3-1-9-27-15)20(26)17-4-2-10-28-17/h1-10,16H,11-12H2. The van der Waals surface area contributed by atoms with Gasteiger partial charge < -0.3 is 9.32 Å². The van der Waals surface area contributed by atoms with Crippen molar-refractivity contribution >= 4 is 46.3 Å². The highest BCUT2D eigenvalue weighted by Crippen LogP contribution is 2.29. The molecule has 0 spiro atoms. The summed E-state index contributed by atoms with van der Waals surface area (Å²) in [5.74, 6) is -0.574. The van der Waals surface area contributed by atoms with E-state index in [1.807, 2.05) is 0 Å². The number of benzene rings is 1. The molecule has 3 heterocycles. The monoisotopic (exact) mass is 414 g/mol. The van der Waals surface area contributed by atoms with Crippen LogP contribution in [0.3, 0.4) is 0 Å². The van der Waals surface area contributed by atoms with Crippen LogP contribution in [0.5, 0.6) is 0 Å². The Labute approximate surface area is 169 Å². The number of imide groups is 1. The number of hydrogen-bond acceptors (Lipinski definition) is 5. The maximum atomic E-state index is 13.1. The van der Waals surface area contributed by atoms with Crippen molar-refractivity contribution in [2.24, 2.45) is 0 Å². The highest BCUT2D eigenvalue weighted by atomic mass is 35.5. The van der Waals surface area contributed by atoms with Crippen molar-refractivity contribution in [2.45, 2.75) is 19.0 Å². The minimum atomic E-state index is -0.900. The summed E-state index contributed by atoms with van der Waals surface area (Å²) >= 11 is 7.18. The molecular formula is C20H15ClN2O4S. The molecule has 4 rings (SSSR count). The van der Waals surface area contributed by atoms with Crippen LogP contribution in [-0.2, 0) is 16.1 Å². The molecule has 8 heteroatoms. The second-order valence-electron chi connectivity index (χ2n) is 6.25. The van der Waals surface area contributed by atoms with E-state index in [9.17, 15) is 14.4 Å². The molecule has 0 aliphatic carbocycles. The Morgan fingerprint density at radius 1 is 1.18 bits per heavy atom. The topological polar surface area (TPSA) is 70.8 Å². The van der Waals surface area contributed by atoms with Crippen LogP contribution in [0.4, 0.5) is 5.69 Å². The maximum absolute atomic E-state index is 13.1. The zero-order chi connectivity index (χ0) is 19.7. The van der Waals surface area contributed by atoms with Crippen molar-refractivity contribution in [1.82, 2.24) is 4.90 Å². The third-order valence-corrected chi connectivity index (χ3v) is 5.59. The van der Waals surface area contributed by atoms with Crippen LogP contribution in [0.1, 0.15) is 21.9 Å². The molecular weight excluding hydrogens is 400 g/mol. The molecule has 142 valence electrons. The molecule has 0 radical (unpaired) electrons. The van der Waals surface area contributed by atoms with Gasteiger partial charge in [-0.2, -0.15) is 0 Å². The van der Waals surface area contributed by atoms with Gasteiger partial charge in [-0.3, -0.25) is 14.4 Å². The summed E-state index contributed by atoms with van der Waals surface area (Å²) in [5.41, 5.74) is 0.434. The summed E-state index contributed by atoms with van der Waals surface area (Å²) in [6.07, 6.45) is 1.42. The molecule has 28 heavy (non-hydrogen) atoms. The second-order valence-corrected chi connectivity index (χ2v) is 7.64. The van der Waals surface area contributed by atoms with Gasteiger partial charge in [-0.25, -0.2) is 4.90 Å². The Morgan fingerprint density at radius 2 is 1.96 bits per heavy atom. The first-order valence-electron chi connectivity index (χ1n) is 8.54. The van der Waals surface area contributed by atoms with Crippen molar-refractivity contribution in [3.05, 3.63) is 75.8 Å². The van der Waals surface area contributed by atoms with Gasteiger partial charge in [-0.15, -0.1) is 11.3 Å². The molecule has 1 atom stereocenters. The molecule has 2 aromatic heterocycles. The van der Waals surface area contributed by atoms with Crippen LogP contribution in [0.2, 0.25) is 5.02 Å². The third kappa shape index (κ3) is 3.46. The van der Waals surface area contributed by atoms with Crippen molar-refractivity contribution < 1.29 is 18.8 Å². The number of nitrogens with zero attached hydrogens (tertiary/aromatic N) is 2. The molecule has 0 N–H and O–H groups in total. The number of anilines is 1. The predicted molar refractivity (Wildman–Crippen MR) is 105 cm³/mol. The van der Waals surface area contributed by atoms with E-state index >= 15 is 0 Å². The SMILES string of the molecule is O=C1CC(N(Cc2ccco2)C(=O)c2cccs2)C(=O)N1c1ccc(Cl)cc1. The molecule has 0 saturated carbocycles. The predicted octanol–water partition coefficient (Wildman–Crippen LogP) is 3.97. The summed E-state index contributed by atoms with van der Waals surface area (Å²) in [4.78, 5) is 41.8. The van der Waals surface area contributed by atoms with Gasteiger partial charge >= 0.3 is 0 Å². The highest BCUT2D eigenvalue weighted by Gasteiger charge is 2.44. The van der Waals surface area contributed by atoms with Crippen molar-refractivity contribution in [3.63, 3.8) is 0 Å². The number of rotatable bonds is 5. The van der Waals surface area contributed by atoms with Crippen LogP contribution in [-0.4, -0.2) is 28.7 Å². The van der Waals surface area contributed by atoms with E-state index in [1.54, 1.807) is 53.9 Å². The lowest BCUT2D eigenvalue weighted by Crippen LogP contribution is -2.44. The van der Waals surface area contributed by atoms with Gasteiger partial charge in [-0.05, 0) is 47.8 Å². The van der Waals surface area contributed by atoms with Crippen molar-refractivity contribution in [2.75, 3.05) is 4.90 Å². The van der Waals surface area contributed by atoms with Crippen LogP contribution >= 0.6 is 22.9 Å². The fraction of sp³-hybridized carbons (Fsp3) is 0.150. The lowest BCUT2D eigenvalue weighted by molar-refractivity contribution is -0.122. The molecule has 0 bridgehead atoms. The van der Waals surface area contributed by atoms with Gasteiger partial charge in [0.1, 0.15) is 11.8 Å². The quantitative estimate of drug-likeness (QED) is 0.592. The zero-order valence-corrected chi connectivity index (χ0v) is 16.2. The maximum Gasteiger partial charge on any atom is 0.265 e. The zero-order valence-electron chi connectivity index (χ0n) is 14.6. The van der Waals surface area contributed by atoms with Crippen molar-refractivity contribution in [1.29, 1.82) is 0 Å². The molecule has 3 amide bonds. The molecule has 3 aromatic rings. The molecule has 1 fully saturated rings. The Hall–Kier alpha value is -2.90. The Kier molecular flexibility index (Phi) is 5.02. The summed E-state index contributed by atoms with van der Waals surface area (Å²) in [6, 6.07) is 12.5. The fourth-order valence-electron chi connectivity index (χ4n) is 3.16. The summed E-state index contributed by atoms with van der Waals surface area (Å²) in [5, 5.41) is 2.30. The lowest BCUT2D eigenvalue weighted by atomic mass is 10.2. The van der Waals surface area contributed by atoms with E-state index in [2.05, 4.69) is 0 Å². The minimum Gasteiger partial charge on any atom is -0.467 e. The van der Waals surface area contributed by atoms with Crippen LogP contribution < -0.4 is 4.90 Å². The Bertz CT molecular complexity index is 1000. The lowest BCUT2D eigenvalue weighted by Gasteiger charge is -2.26. The largest absolute Gasteiger partial charge is 0.467 e. The van der Waals surface area contributed by atoms with Gasteiger partial charge in [0.15, 0.2) is 0 Å². The van der Waals surface area contributed by atoms with E-state index in [-0.39, 0.29) is 24.8 Å². The number of carbonyl (C=O) groups is 3. The summed E-state index contributed by atoms with van der Waals surface area (Å²) in [6.45, 7) is 0.0991. The van der Waals surface area contributed by atoms with Crippen molar-refractivity contribution in [3.8, 4) is 0 Å². The number of thiophene rings is 1. The number of halogens is 1. The number of hydrogen-bond donors (Lipinski definition) is 0. The van der Waals surface area contributed by atoms with Gasteiger partial charge in [0.25, 0.3) is 11.8 Å². The third-order valence-electron chi connectivity index (χ3n) is 4.48. The number of amides is 3. The van der Waals surface area contributed by atoms with Gasteiger partial charge in [0.05, 0.1) is 29.8 Å². The Balaban J connectivity index is 1.66. The number of carbonyl (C=O) groups excluding carboxylic acids is 3. The van der Waals surface area contributed by atoms with E-state index in [4.69, 9.17) is 16.0 Å². The fourth-order valence-corrected chi connectivity index (χ4v) is 3.96. The Morgan fingerprint density at radius 3 is 2.61 bits per heavy atom. The van der Waals surface area contributed by atoms with E-state index in [1.165, 1.54) is 22.5 Å². The van der Waals surface area contributed by atoms with Gasteiger partial charge in [0, 0.05) is 5.02 Å². The molecule has 1 unspecified atom stereocenters. The van der Waals surface area contributed by atoms with Gasteiger partial charge in [0.2, 0.25) is 5.91 Å². The van der Waals surface area contributed by atoms with Crippen LogP contribution in [0.15, 0.2) is 64.6 Å². The first-order chi connectivity index (χ1) is 13.5. The van der Waals surface area contributed by atoms with E-state index < -0.39 is 11.9 Å². The molecule has 1 aliphatic rings. The average molecular weight is 415 g/mol. The second kappa shape index (κ2) is 7.61. The highest BCUT2D eigenvalue weighted by molar-refractivity contribution is 7.12. The molecule has 1 aliphatic heterocycles. The summed E-state index contributed by atoms with van der Waals surface area (Å²) in [7, 11) is 0. The van der Waals surface area contributed by atoms with Crippen LogP contribution in [0.25, 0.3) is 0 Å². The van der Waals surface area contributed by atoms with Crippen LogP contribution in [0, 0.1) is 0 Å². The smallest absolute Gasteiger partial charge is 0.265 e. The minimum absolute atomic E-state index is 0.0840. The van der Waals surface area contributed by atoms with Gasteiger partial charge in [-0.1, -0.05) is 17.7 Å². The normalized spacial score (nSPS) is 16.6. The molecule has 6 nitrogen and oxygen atoms in total. The first kappa shape index (κ1) is 18.5. The van der Waals surface area contributed by atoms with E-state index in [0.717, 1.165) is 4.90 Å². The molecule has 1 aromatic carbocycles. The summed E-state index contributed by atoms with van der Waals surface area (Å²) < 4.78 is 5.36. The number of furan rings is 1.